The Morgan fingerprint density at radius 1 is 1.14 bits per heavy atom. The lowest BCUT2D eigenvalue weighted by Gasteiger charge is -2.37. The highest BCUT2D eigenvalue weighted by molar-refractivity contribution is 7.89. The molecule has 2 fully saturated rings. The normalized spacial score (nSPS) is 26.1. The van der Waals surface area contributed by atoms with Crippen LogP contribution in [0.3, 0.4) is 0 Å². The largest absolute Gasteiger partial charge is 0.380 e. The summed E-state index contributed by atoms with van der Waals surface area (Å²) >= 11 is 0. The van der Waals surface area contributed by atoms with E-state index in [1.165, 1.54) is 21.5 Å². The second-order valence-corrected chi connectivity index (χ2v) is 9.94. The van der Waals surface area contributed by atoms with Crippen LogP contribution in [0.15, 0.2) is 0 Å². The van der Waals surface area contributed by atoms with E-state index in [1.54, 1.807) is 6.92 Å². The van der Waals surface area contributed by atoms with E-state index in [-0.39, 0.29) is 38.0 Å². The van der Waals surface area contributed by atoms with Gasteiger partial charge in [-0.1, -0.05) is 0 Å². The Morgan fingerprint density at radius 3 is 2.33 bits per heavy atom. The van der Waals surface area contributed by atoms with Gasteiger partial charge in [0.25, 0.3) is 0 Å². The van der Waals surface area contributed by atoms with Gasteiger partial charge in [-0.15, -0.1) is 0 Å². The fourth-order valence-corrected chi connectivity index (χ4v) is 5.00. The molecule has 0 radical (unpaired) electrons. The Labute approximate surface area is 127 Å². The molecule has 1 atom stereocenters. The second-order valence-electron chi connectivity index (χ2n) is 5.92. The van der Waals surface area contributed by atoms with Crippen molar-refractivity contribution in [2.45, 2.75) is 25.8 Å². The van der Waals surface area contributed by atoms with Crippen molar-refractivity contribution in [3.05, 3.63) is 0 Å². The summed E-state index contributed by atoms with van der Waals surface area (Å²) < 4.78 is 55.7. The first-order valence-corrected chi connectivity index (χ1v) is 10.7. The third-order valence-corrected chi connectivity index (χ3v) is 7.08. The molecule has 0 unspecified atom stereocenters. The molecular formula is C12H24N2O5S2. The van der Waals surface area contributed by atoms with E-state index in [0.29, 0.717) is 12.5 Å². The van der Waals surface area contributed by atoms with Gasteiger partial charge in [0, 0.05) is 32.3 Å². The van der Waals surface area contributed by atoms with Crippen LogP contribution in [0.1, 0.15) is 19.8 Å². The van der Waals surface area contributed by atoms with Crippen molar-refractivity contribution in [3.63, 3.8) is 0 Å². The van der Waals surface area contributed by atoms with Crippen LogP contribution >= 0.6 is 0 Å². The zero-order chi connectivity index (χ0) is 15.7. The molecule has 0 N–H and O–H groups in total. The fraction of sp³-hybridized carbons (Fsp3) is 1.00. The van der Waals surface area contributed by atoms with Crippen LogP contribution in [0.2, 0.25) is 0 Å². The van der Waals surface area contributed by atoms with Gasteiger partial charge in [0.1, 0.15) is 0 Å². The molecule has 9 heteroatoms. The molecular weight excluding hydrogens is 316 g/mol. The highest BCUT2D eigenvalue weighted by Gasteiger charge is 2.34. The van der Waals surface area contributed by atoms with Crippen LogP contribution < -0.4 is 0 Å². The minimum absolute atomic E-state index is 0.0364. The van der Waals surface area contributed by atoms with E-state index in [2.05, 4.69) is 0 Å². The van der Waals surface area contributed by atoms with Crippen LogP contribution in [0.5, 0.6) is 0 Å². The summed E-state index contributed by atoms with van der Waals surface area (Å²) in [5, 5.41) is 0. The number of sulfonamides is 2. The molecule has 0 spiro atoms. The van der Waals surface area contributed by atoms with E-state index in [9.17, 15) is 16.8 Å². The predicted octanol–water partition coefficient (Wildman–Crippen LogP) is -0.291. The van der Waals surface area contributed by atoms with E-state index >= 15 is 0 Å². The van der Waals surface area contributed by atoms with Gasteiger partial charge >= 0.3 is 0 Å². The maximum Gasteiger partial charge on any atom is 0.216 e. The lowest BCUT2D eigenvalue weighted by molar-refractivity contribution is 0.137. The third-order valence-electron chi connectivity index (χ3n) is 3.88. The molecule has 0 aromatic rings. The third kappa shape index (κ3) is 4.88. The molecule has 2 aliphatic rings. The van der Waals surface area contributed by atoms with Crippen molar-refractivity contribution in [1.29, 1.82) is 0 Å². The van der Waals surface area contributed by atoms with Crippen LogP contribution in [-0.2, 0) is 24.8 Å². The molecule has 1 heterocycles. The number of piperazine rings is 1. The van der Waals surface area contributed by atoms with E-state index < -0.39 is 20.0 Å². The number of nitrogens with zero attached hydrogens (tertiary/aromatic N) is 2. The van der Waals surface area contributed by atoms with Crippen LogP contribution in [-0.4, -0.2) is 76.3 Å². The number of hydrogen-bond donors (Lipinski definition) is 0. The van der Waals surface area contributed by atoms with Crippen molar-refractivity contribution in [2.24, 2.45) is 5.92 Å². The smallest absolute Gasteiger partial charge is 0.216 e. The summed E-state index contributed by atoms with van der Waals surface area (Å²) in [5.74, 6) is 0.580. The van der Waals surface area contributed by atoms with Crippen molar-refractivity contribution in [1.82, 2.24) is 8.61 Å². The topological polar surface area (TPSA) is 84.0 Å². The Hall–Kier alpha value is -0.220. The summed E-state index contributed by atoms with van der Waals surface area (Å²) in [7, 11) is -6.66. The van der Waals surface area contributed by atoms with Gasteiger partial charge in [-0.3, -0.25) is 0 Å². The molecule has 1 aliphatic heterocycles. The average Bonchev–Trinajstić information content (AvgIpc) is 3.17. The number of rotatable bonds is 7. The van der Waals surface area contributed by atoms with Gasteiger partial charge < -0.3 is 4.74 Å². The summed E-state index contributed by atoms with van der Waals surface area (Å²) in [6.45, 7) is 3.21. The Morgan fingerprint density at radius 2 is 1.81 bits per heavy atom. The van der Waals surface area contributed by atoms with Crippen LogP contribution in [0, 0.1) is 5.92 Å². The molecule has 1 saturated carbocycles. The molecule has 0 aromatic heterocycles. The summed E-state index contributed by atoms with van der Waals surface area (Å²) in [6.07, 6.45) is 3.51. The monoisotopic (exact) mass is 340 g/mol. The van der Waals surface area contributed by atoms with E-state index in [0.717, 1.165) is 6.26 Å². The van der Waals surface area contributed by atoms with E-state index in [1.807, 2.05) is 0 Å². The zero-order valence-electron chi connectivity index (χ0n) is 12.6. The van der Waals surface area contributed by atoms with Crippen molar-refractivity contribution in [2.75, 3.05) is 44.9 Å². The maximum atomic E-state index is 12.2. The van der Waals surface area contributed by atoms with Gasteiger partial charge in [-0.25, -0.2) is 16.8 Å². The van der Waals surface area contributed by atoms with Crippen LogP contribution in [0.25, 0.3) is 0 Å². The Kier molecular flexibility index (Phi) is 5.30. The first-order chi connectivity index (χ1) is 9.70. The van der Waals surface area contributed by atoms with Crippen molar-refractivity contribution >= 4 is 20.0 Å². The molecule has 124 valence electrons. The quantitative estimate of drug-likeness (QED) is 0.595. The minimum atomic E-state index is -3.38. The second kappa shape index (κ2) is 6.49. The number of ether oxygens (including phenoxy) is 1. The summed E-state index contributed by atoms with van der Waals surface area (Å²) in [6, 6.07) is -0.337. The van der Waals surface area contributed by atoms with E-state index in [4.69, 9.17) is 4.74 Å². The molecule has 1 saturated heterocycles. The fourth-order valence-electron chi connectivity index (χ4n) is 2.48. The van der Waals surface area contributed by atoms with Gasteiger partial charge in [-0.05, 0) is 25.7 Å². The first-order valence-electron chi connectivity index (χ1n) is 7.22. The molecule has 2 rings (SSSR count). The molecule has 0 bridgehead atoms. The minimum Gasteiger partial charge on any atom is -0.380 e. The van der Waals surface area contributed by atoms with Crippen LogP contribution in [0.4, 0.5) is 0 Å². The molecule has 21 heavy (non-hydrogen) atoms. The van der Waals surface area contributed by atoms with Crippen molar-refractivity contribution < 1.29 is 21.6 Å². The predicted molar refractivity (Wildman–Crippen MR) is 79.9 cm³/mol. The standard InChI is InChI=1S/C12H24N2O5S2/c1-11-9-13(5-6-14(11)20(2,15)16)21(17,18)8-7-19-10-12-3-4-12/h11-12H,3-10H2,1-2H3/t11-/m0/s1. The van der Waals surface area contributed by atoms with Gasteiger partial charge in [-0.2, -0.15) is 8.61 Å². The summed E-state index contributed by atoms with van der Waals surface area (Å²) in [5.41, 5.74) is 0. The Bertz CT molecular complexity index is 556. The highest BCUT2D eigenvalue weighted by Crippen LogP contribution is 2.28. The zero-order valence-corrected chi connectivity index (χ0v) is 14.2. The van der Waals surface area contributed by atoms with Crippen molar-refractivity contribution in [3.8, 4) is 0 Å². The first kappa shape index (κ1) is 17.1. The van der Waals surface area contributed by atoms with Gasteiger partial charge in [0.2, 0.25) is 20.0 Å². The Balaban J connectivity index is 1.83. The lowest BCUT2D eigenvalue weighted by Crippen LogP contribution is -2.55. The summed E-state index contributed by atoms with van der Waals surface area (Å²) in [4.78, 5) is 0. The van der Waals surface area contributed by atoms with Gasteiger partial charge in [0.05, 0.1) is 18.6 Å². The molecule has 1 aliphatic carbocycles. The number of hydrogen-bond acceptors (Lipinski definition) is 5. The SMILES string of the molecule is C[C@H]1CN(S(=O)(=O)CCOCC2CC2)CCN1S(C)(=O)=O. The molecule has 7 nitrogen and oxygen atoms in total. The molecule has 0 amide bonds. The highest BCUT2D eigenvalue weighted by atomic mass is 32.2. The maximum absolute atomic E-state index is 12.2. The van der Waals surface area contributed by atoms with Gasteiger partial charge in [0.15, 0.2) is 0 Å². The lowest BCUT2D eigenvalue weighted by atomic mass is 10.3. The molecule has 0 aromatic carbocycles. The average molecular weight is 340 g/mol.